The van der Waals surface area contributed by atoms with Gasteiger partial charge in [0.25, 0.3) is 5.56 Å². The number of rotatable bonds is 5. The maximum atomic E-state index is 11.8. The Morgan fingerprint density at radius 3 is 2.57 bits per heavy atom. The Hall–Kier alpha value is -1.37. The Morgan fingerprint density at radius 1 is 1.35 bits per heavy atom. The molecule has 12 nitrogen and oxygen atoms in total. The molecule has 0 unspecified atom stereocenters. The first-order valence-electron chi connectivity index (χ1n) is 6.28. The van der Waals surface area contributed by atoms with E-state index in [1.165, 1.54) is 0 Å². The minimum atomic E-state index is -5.32. The zero-order valence-electron chi connectivity index (χ0n) is 11.4. The molecular formula is C10H13N2O10P-2. The largest absolute Gasteiger partial charge is 0.790 e. The van der Waals surface area contributed by atoms with Crippen molar-refractivity contribution in [3.05, 3.63) is 32.6 Å². The third-order valence-corrected chi connectivity index (χ3v) is 3.67. The van der Waals surface area contributed by atoms with Crippen LogP contribution in [0.2, 0.25) is 0 Å². The van der Waals surface area contributed by atoms with Gasteiger partial charge in [0.15, 0.2) is 6.23 Å². The molecular weight excluding hydrogens is 339 g/mol. The van der Waals surface area contributed by atoms with Crippen molar-refractivity contribution in [2.45, 2.75) is 31.1 Å². The predicted molar refractivity (Wildman–Crippen MR) is 66.7 cm³/mol. The molecule has 13 heteroatoms. The third kappa shape index (κ3) is 3.94. The van der Waals surface area contributed by atoms with E-state index in [1.807, 2.05) is 4.98 Å². The van der Waals surface area contributed by atoms with Gasteiger partial charge in [-0.1, -0.05) is 0 Å². The molecule has 2 heterocycles. The highest BCUT2D eigenvalue weighted by atomic mass is 31.2. The fourth-order valence-corrected chi connectivity index (χ4v) is 2.53. The smallest absolute Gasteiger partial charge is 0.330 e. The lowest BCUT2D eigenvalue weighted by Gasteiger charge is -2.30. The van der Waals surface area contributed by atoms with E-state index in [9.17, 15) is 39.3 Å². The minimum Gasteiger partial charge on any atom is -0.790 e. The van der Waals surface area contributed by atoms with Crippen LogP contribution in [-0.2, 0) is 20.4 Å². The molecule has 0 saturated carbocycles. The number of phosphoric ester groups is 1. The summed E-state index contributed by atoms with van der Waals surface area (Å²) in [6.45, 7) is -1.61. The minimum absolute atomic E-state index is 0.199. The first-order chi connectivity index (χ1) is 10.6. The van der Waals surface area contributed by atoms with Crippen molar-refractivity contribution in [2.75, 3.05) is 6.61 Å². The van der Waals surface area contributed by atoms with Crippen molar-refractivity contribution < 1.29 is 38.9 Å². The molecule has 4 N–H and O–H groups in total. The van der Waals surface area contributed by atoms with Crippen LogP contribution in [0.3, 0.4) is 0 Å². The van der Waals surface area contributed by atoms with Gasteiger partial charge < -0.3 is 38.9 Å². The fourth-order valence-electron chi connectivity index (χ4n) is 2.20. The number of ether oxygens (including phenoxy) is 1. The van der Waals surface area contributed by atoms with Gasteiger partial charge in [-0.3, -0.25) is 14.3 Å². The Morgan fingerprint density at radius 2 is 2.00 bits per heavy atom. The Labute approximate surface area is 127 Å². The van der Waals surface area contributed by atoms with Crippen LogP contribution in [0, 0.1) is 0 Å². The first-order valence-corrected chi connectivity index (χ1v) is 7.74. The van der Waals surface area contributed by atoms with Crippen LogP contribution >= 0.6 is 7.82 Å². The van der Waals surface area contributed by atoms with Crippen molar-refractivity contribution in [2.24, 2.45) is 0 Å². The highest BCUT2D eigenvalue weighted by molar-refractivity contribution is 7.43. The van der Waals surface area contributed by atoms with E-state index >= 15 is 0 Å². The summed E-state index contributed by atoms with van der Waals surface area (Å²) in [5.74, 6) is 0. The van der Waals surface area contributed by atoms with Crippen LogP contribution in [0.5, 0.6) is 0 Å². The SMILES string of the molecule is O=c1cc(CO)n([C@@H]2O[C@H](COP(=O)([O-])[O-])[C@@H](O)[C@H]2O)c(=O)[nH]1. The Balaban J connectivity index is 2.30. The second-order valence-electron chi connectivity index (χ2n) is 4.75. The summed E-state index contributed by atoms with van der Waals surface area (Å²) in [6, 6.07) is 0.886. The Bertz CT molecular complexity index is 723. The van der Waals surface area contributed by atoms with Gasteiger partial charge in [0.1, 0.15) is 18.3 Å². The van der Waals surface area contributed by atoms with E-state index in [-0.39, 0.29) is 5.69 Å². The fraction of sp³-hybridized carbons (Fsp3) is 0.600. The van der Waals surface area contributed by atoms with Gasteiger partial charge in [0, 0.05) is 6.07 Å². The van der Waals surface area contributed by atoms with Crippen molar-refractivity contribution in [3.8, 4) is 0 Å². The molecule has 2 rings (SSSR count). The summed E-state index contributed by atoms with van der Waals surface area (Å²) in [4.78, 5) is 45.8. The van der Waals surface area contributed by atoms with E-state index in [0.717, 1.165) is 6.07 Å². The maximum Gasteiger partial charge on any atom is 0.330 e. The van der Waals surface area contributed by atoms with Crippen LogP contribution < -0.4 is 21.0 Å². The van der Waals surface area contributed by atoms with E-state index < -0.39 is 56.8 Å². The lowest BCUT2D eigenvalue weighted by molar-refractivity contribution is -0.343. The number of hydrogen-bond donors (Lipinski definition) is 4. The molecule has 4 atom stereocenters. The third-order valence-electron chi connectivity index (χ3n) is 3.21. The van der Waals surface area contributed by atoms with Crippen LogP contribution in [0.25, 0.3) is 0 Å². The van der Waals surface area contributed by atoms with E-state index in [0.29, 0.717) is 4.57 Å². The van der Waals surface area contributed by atoms with Gasteiger partial charge in [0.2, 0.25) is 0 Å². The maximum absolute atomic E-state index is 11.8. The molecule has 23 heavy (non-hydrogen) atoms. The number of aromatic amines is 1. The highest BCUT2D eigenvalue weighted by Gasteiger charge is 2.44. The lowest BCUT2D eigenvalue weighted by atomic mass is 10.1. The predicted octanol–water partition coefficient (Wildman–Crippen LogP) is -4.51. The summed E-state index contributed by atoms with van der Waals surface area (Å²) >= 11 is 0. The number of aromatic nitrogens is 2. The summed E-state index contributed by atoms with van der Waals surface area (Å²) in [6.07, 6.45) is -6.31. The highest BCUT2D eigenvalue weighted by Crippen LogP contribution is 2.32. The number of H-pyrrole nitrogens is 1. The molecule has 0 bridgehead atoms. The molecule has 1 saturated heterocycles. The van der Waals surface area contributed by atoms with Crippen molar-refractivity contribution >= 4 is 7.82 Å². The number of nitrogens with one attached hydrogen (secondary N) is 1. The lowest BCUT2D eigenvalue weighted by Crippen LogP contribution is -2.39. The number of hydrogen-bond acceptors (Lipinski definition) is 10. The van der Waals surface area contributed by atoms with E-state index in [2.05, 4.69) is 4.52 Å². The number of aliphatic hydroxyl groups is 3. The first kappa shape index (κ1) is 18.0. The van der Waals surface area contributed by atoms with Gasteiger partial charge >= 0.3 is 5.69 Å². The van der Waals surface area contributed by atoms with Crippen molar-refractivity contribution in [1.82, 2.24) is 9.55 Å². The molecule has 0 aromatic carbocycles. The van der Waals surface area contributed by atoms with Crippen LogP contribution in [0.4, 0.5) is 0 Å². The van der Waals surface area contributed by atoms with Crippen LogP contribution in [0.15, 0.2) is 15.7 Å². The second kappa shape index (κ2) is 6.63. The van der Waals surface area contributed by atoms with Gasteiger partial charge in [-0.2, -0.15) is 0 Å². The van der Waals surface area contributed by atoms with Gasteiger partial charge in [0.05, 0.1) is 26.7 Å². The average Bonchev–Trinajstić information content (AvgIpc) is 2.71. The summed E-state index contributed by atoms with van der Waals surface area (Å²) in [5.41, 5.74) is -2.01. The molecule has 1 aromatic rings. The normalized spacial score (nSPS) is 28.2. The van der Waals surface area contributed by atoms with Gasteiger partial charge in [-0.05, 0) is 0 Å². The van der Waals surface area contributed by atoms with Crippen molar-refractivity contribution in [1.29, 1.82) is 0 Å². The summed E-state index contributed by atoms with van der Waals surface area (Å²) in [5, 5.41) is 28.9. The summed E-state index contributed by atoms with van der Waals surface area (Å²) < 4.78 is 20.3. The molecule has 1 aliphatic rings. The van der Waals surface area contributed by atoms with E-state index in [1.54, 1.807) is 0 Å². The molecule has 1 aliphatic heterocycles. The molecule has 0 amide bonds. The number of phosphoric acid groups is 1. The second-order valence-corrected chi connectivity index (χ2v) is 5.90. The molecule has 0 radical (unpaired) electrons. The quantitative estimate of drug-likeness (QED) is 0.375. The van der Waals surface area contributed by atoms with Crippen LogP contribution in [-0.4, -0.2) is 49.8 Å². The number of aliphatic hydroxyl groups excluding tert-OH is 3. The number of nitrogens with zero attached hydrogens (tertiary/aromatic N) is 1. The molecule has 0 aliphatic carbocycles. The average molecular weight is 352 g/mol. The Kier molecular flexibility index (Phi) is 5.18. The molecule has 0 spiro atoms. The van der Waals surface area contributed by atoms with Gasteiger partial charge in [-0.25, -0.2) is 4.79 Å². The van der Waals surface area contributed by atoms with Crippen molar-refractivity contribution in [3.63, 3.8) is 0 Å². The molecule has 1 fully saturated rings. The van der Waals surface area contributed by atoms with Gasteiger partial charge in [-0.15, -0.1) is 0 Å². The van der Waals surface area contributed by atoms with E-state index in [4.69, 9.17) is 4.74 Å². The zero-order valence-corrected chi connectivity index (χ0v) is 12.3. The van der Waals surface area contributed by atoms with Crippen LogP contribution in [0.1, 0.15) is 11.9 Å². The standard InChI is InChI=1S/C10H15N2O10P/c13-2-4-1-6(14)11-10(17)12(4)9-8(16)7(15)5(22-9)3-21-23(18,19)20/h1,5,7-9,13,15-16H,2-3H2,(H,11,14,17)(H2,18,19,20)/p-2/t5-,7-,8-,9-/m1/s1. The molecule has 1 aromatic heterocycles. The monoisotopic (exact) mass is 352 g/mol. The zero-order chi connectivity index (χ0) is 17.4. The summed E-state index contributed by atoms with van der Waals surface area (Å²) in [7, 11) is -5.32. The topological polar surface area (TPSA) is 197 Å². The molecule has 130 valence electrons.